The molecule has 1 amide bonds. The summed E-state index contributed by atoms with van der Waals surface area (Å²) in [5, 5.41) is 12.3. The molecule has 0 radical (unpaired) electrons. The lowest BCUT2D eigenvalue weighted by atomic mass is 9.88. The van der Waals surface area contributed by atoms with E-state index in [1.807, 2.05) is 0 Å². The largest absolute Gasteiger partial charge is 0.481 e. The lowest BCUT2D eigenvalue weighted by molar-refractivity contribution is -0.139. The van der Waals surface area contributed by atoms with Gasteiger partial charge in [0.05, 0.1) is 24.0 Å². The van der Waals surface area contributed by atoms with Crippen LogP contribution < -0.4 is 5.32 Å². The molecule has 3 atom stereocenters. The number of anilines is 1. The molecule has 7 heteroatoms. The Labute approximate surface area is 144 Å². The second-order valence-corrected chi connectivity index (χ2v) is 7.66. The molecule has 1 fully saturated rings. The second kappa shape index (κ2) is 6.55. The fourth-order valence-corrected chi connectivity index (χ4v) is 4.62. The number of esters is 1. The van der Waals surface area contributed by atoms with Crippen LogP contribution in [0.3, 0.4) is 0 Å². The van der Waals surface area contributed by atoms with Crippen molar-refractivity contribution < 1.29 is 24.2 Å². The maximum absolute atomic E-state index is 12.4. The molecule has 3 rings (SSSR count). The van der Waals surface area contributed by atoms with E-state index in [9.17, 15) is 14.4 Å². The van der Waals surface area contributed by atoms with E-state index < -0.39 is 23.8 Å². The number of hydrogen-bond donors (Lipinski definition) is 2. The van der Waals surface area contributed by atoms with Gasteiger partial charge in [0.15, 0.2) is 0 Å². The van der Waals surface area contributed by atoms with Gasteiger partial charge < -0.3 is 15.2 Å². The highest BCUT2D eigenvalue weighted by atomic mass is 32.1. The number of hydrogen-bond acceptors (Lipinski definition) is 5. The van der Waals surface area contributed by atoms with Crippen LogP contribution in [0.25, 0.3) is 0 Å². The average Bonchev–Trinajstić information content (AvgIpc) is 3.24. The molecule has 130 valence electrons. The predicted octanol–water partition coefficient (Wildman–Crippen LogP) is 2.71. The van der Waals surface area contributed by atoms with E-state index in [4.69, 9.17) is 9.84 Å². The zero-order chi connectivity index (χ0) is 17.4. The number of carboxylic acids is 1. The zero-order valence-corrected chi connectivity index (χ0v) is 14.6. The molecular formula is C17H21NO5S. The standard InChI is InChI=1S/C17H21NO5S/c1-3-23-17(22)13-9-5-4-8(2)6-12(9)24-15(13)18-14(19)10-7-11(10)16(20)21/h8,10-11H,3-7H2,1-2H3,(H,18,19)(H,20,21). The van der Waals surface area contributed by atoms with Crippen LogP contribution in [-0.4, -0.2) is 29.6 Å². The van der Waals surface area contributed by atoms with Crippen LogP contribution in [0.5, 0.6) is 0 Å². The minimum absolute atomic E-state index is 0.275. The molecule has 0 saturated heterocycles. The Morgan fingerprint density at radius 3 is 2.71 bits per heavy atom. The lowest BCUT2D eigenvalue weighted by Gasteiger charge is -2.18. The second-order valence-electron chi connectivity index (χ2n) is 6.55. The normalized spacial score (nSPS) is 24.8. The van der Waals surface area contributed by atoms with Crippen LogP contribution in [0.2, 0.25) is 0 Å². The van der Waals surface area contributed by atoms with Crippen molar-refractivity contribution in [2.75, 3.05) is 11.9 Å². The highest BCUT2D eigenvalue weighted by molar-refractivity contribution is 7.17. The Bertz CT molecular complexity index is 695. The van der Waals surface area contributed by atoms with Gasteiger partial charge in [0.1, 0.15) is 5.00 Å². The third-order valence-electron chi connectivity index (χ3n) is 4.67. The van der Waals surface area contributed by atoms with Crippen molar-refractivity contribution in [2.24, 2.45) is 17.8 Å². The summed E-state index contributed by atoms with van der Waals surface area (Å²) in [4.78, 5) is 36.7. The molecule has 1 saturated carbocycles. The number of carboxylic acid groups (broad SMARTS) is 1. The van der Waals surface area contributed by atoms with Crippen LogP contribution in [0.1, 0.15) is 47.5 Å². The number of carbonyl (C=O) groups excluding carboxylic acids is 2. The number of fused-ring (bicyclic) bond motifs is 1. The highest BCUT2D eigenvalue weighted by Gasteiger charge is 2.48. The van der Waals surface area contributed by atoms with E-state index >= 15 is 0 Å². The Kier molecular flexibility index (Phi) is 4.62. The van der Waals surface area contributed by atoms with E-state index in [1.165, 1.54) is 11.3 Å². The van der Waals surface area contributed by atoms with Crippen LogP contribution in [0, 0.1) is 17.8 Å². The van der Waals surface area contributed by atoms with Gasteiger partial charge in [-0.1, -0.05) is 6.92 Å². The summed E-state index contributed by atoms with van der Waals surface area (Å²) in [5.74, 6) is -2.24. The zero-order valence-electron chi connectivity index (χ0n) is 13.8. The van der Waals surface area contributed by atoms with Gasteiger partial charge in [0.2, 0.25) is 5.91 Å². The maximum atomic E-state index is 12.4. The summed E-state index contributed by atoms with van der Waals surface area (Å²) >= 11 is 1.42. The predicted molar refractivity (Wildman–Crippen MR) is 89.3 cm³/mol. The summed E-state index contributed by atoms with van der Waals surface area (Å²) in [6, 6.07) is 0. The number of ether oxygens (including phenoxy) is 1. The molecular weight excluding hydrogens is 330 g/mol. The minimum atomic E-state index is -0.944. The molecule has 2 aliphatic carbocycles. The van der Waals surface area contributed by atoms with E-state index in [0.717, 1.165) is 29.7 Å². The van der Waals surface area contributed by atoms with Gasteiger partial charge in [-0.2, -0.15) is 0 Å². The molecule has 1 aromatic heterocycles. The van der Waals surface area contributed by atoms with Crippen LogP contribution in [0.4, 0.5) is 5.00 Å². The van der Waals surface area contributed by atoms with Gasteiger partial charge in [-0.05, 0) is 44.1 Å². The van der Waals surface area contributed by atoms with E-state index in [0.29, 0.717) is 22.9 Å². The molecule has 2 N–H and O–H groups in total. The Morgan fingerprint density at radius 2 is 2.08 bits per heavy atom. The Morgan fingerprint density at radius 1 is 1.33 bits per heavy atom. The molecule has 0 aliphatic heterocycles. The van der Waals surface area contributed by atoms with Crippen LogP contribution in [0.15, 0.2) is 0 Å². The molecule has 6 nitrogen and oxygen atoms in total. The molecule has 3 unspecified atom stereocenters. The van der Waals surface area contributed by atoms with Gasteiger partial charge in [0.25, 0.3) is 0 Å². The Hall–Kier alpha value is -1.89. The van der Waals surface area contributed by atoms with Crippen LogP contribution in [-0.2, 0) is 27.2 Å². The van der Waals surface area contributed by atoms with E-state index in [1.54, 1.807) is 6.92 Å². The number of thiophene rings is 1. The van der Waals surface area contributed by atoms with Gasteiger partial charge in [-0.15, -0.1) is 11.3 Å². The SMILES string of the molecule is CCOC(=O)c1c(NC(=O)C2CC2C(=O)O)sc2c1CCC(C)C2. The number of amides is 1. The van der Waals surface area contributed by atoms with Crippen molar-refractivity contribution in [3.05, 3.63) is 16.0 Å². The van der Waals surface area contributed by atoms with Crippen molar-refractivity contribution in [2.45, 2.75) is 39.5 Å². The number of nitrogens with one attached hydrogen (secondary N) is 1. The van der Waals surface area contributed by atoms with Crippen molar-refractivity contribution in [1.29, 1.82) is 0 Å². The fraction of sp³-hybridized carbons (Fsp3) is 0.588. The van der Waals surface area contributed by atoms with E-state index in [2.05, 4.69) is 12.2 Å². The van der Waals surface area contributed by atoms with Crippen molar-refractivity contribution in [1.82, 2.24) is 0 Å². The first-order valence-corrected chi connectivity index (χ1v) is 9.09. The molecule has 0 aromatic carbocycles. The molecule has 1 aromatic rings. The maximum Gasteiger partial charge on any atom is 0.341 e. The van der Waals surface area contributed by atoms with Crippen molar-refractivity contribution in [3.63, 3.8) is 0 Å². The smallest absolute Gasteiger partial charge is 0.341 e. The topological polar surface area (TPSA) is 92.7 Å². The monoisotopic (exact) mass is 351 g/mol. The van der Waals surface area contributed by atoms with Gasteiger partial charge in [0, 0.05) is 4.88 Å². The fourth-order valence-electron chi connectivity index (χ4n) is 3.22. The quantitative estimate of drug-likeness (QED) is 0.796. The van der Waals surface area contributed by atoms with Crippen molar-refractivity contribution in [3.8, 4) is 0 Å². The summed E-state index contributed by atoms with van der Waals surface area (Å²) < 4.78 is 5.16. The molecule has 1 heterocycles. The van der Waals surface area contributed by atoms with Gasteiger partial charge in [-0.25, -0.2) is 4.79 Å². The first kappa shape index (κ1) is 17.0. The number of rotatable bonds is 5. The summed E-state index contributed by atoms with van der Waals surface area (Å²) in [6.45, 7) is 4.20. The average molecular weight is 351 g/mol. The Balaban J connectivity index is 1.85. The highest BCUT2D eigenvalue weighted by Crippen LogP contribution is 2.43. The lowest BCUT2D eigenvalue weighted by Crippen LogP contribution is -2.19. The van der Waals surface area contributed by atoms with Crippen LogP contribution >= 0.6 is 11.3 Å². The molecule has 0 spiro atoms. The molecule has 24 heavy (non-hydrogen) atoms. The first-order chi connectivity index (χ1) is 11.4. The summed E-state index contributed by atoms with van der Waals surface area (Å²) in [6.07, 6.45) is 3.06. The first-order valence-electron chi connectivity index (χ1n) is 8.27. The summed E-state index contributed by atoms with van der Waals surface area (Å²) in [7, 11) is 0. The third kappa shape index (κ3) is 3.17. The number of carbonyl (C=O) groups is 3. The molecule has 2 aliphatic rings. The van der Waals surface area contributed by atoms with Gasteiger partial charge in [-0.3, -0.25) is 9.59 Å². The summed E-state index contributed by atoms with van der Waals surface area (Å²) in [5.41, 5.74) is 1.45. The van der Waals surface area contributed by atoms with Crippen molar-refractivity contribution >= 4 is 34.2 Å². The molecule has 0 bridgehead atoms. The number of aliphatic carboxylic acids is 1. The third-order valence-corrected chi connectivity index (χ3v) is 5.84. The van der Waals surface area contributed by atoms with Gasteiger partial charge >= 0.3 is 11.9 Å². The minimum Gasteiger partial charge on any atom is -0.481 e. The van der Waals surface area contributed by atoms with E-state index in [-0.39, 0.29) is 12.5 Å².